The molecule has 9 heteroatoms. The van der Waals surface area contributed by atoms with E-state index in [-0.39, 0.29) is 29.5 Å². The van der Waals surface area contributed by atoms with E-state index in [0.29, 0.717) is 41.2 Å². The van der Waals surface area contributed by atoms with Crippen molar-refractivity contribution in [3.63, 3.8) is 0 Å². The fourth-order valence-corrected chi connectivity index (χ4v) is 6.15. The zero-order valence-electron chi connectivity index (χ0n) is 18.4. The average molecular weight is 471 g/mol. The second kappa shape index (κ2) is 9.35. The molecular weight excluding hydrogens is 444 g/mol. The Morgan fingerprint density at radius 2 is 1.67 bits per heavy atom. The first-order valence-corrected chi connectivity index (χ1v) is 12.8. The Morgan fingerprint density at radius 3 is 2.21 bits per heavy atom. The molecule has 174 valence electrons. The Hall–Kier alpha value is -3.20. The molecule has 1 amide bonds. The van der Waals surface area contributed by atoms with Gasteiger partial charge in [-0.1, -0.05) is 31.2 Å². The van der Waals surface area contributed by atoms with Crippen LogP contribution < -0.4 is 5.43 Å². The first kappa shape index (κ1) is 23.0. The van der Waals surface area contributed by atoms with Gasteiger partial charge in [-0.3, -0.25) is 14.4 Å². The van der Waals surface area contributed by atoms with Crippen molar-refractivity contribution in [2.24, 2.45) is 0 Å². The van der Waals surface area contributed by atoms with Crippen molar-refractivity contribution in [2.45, 2.75) is 32.4 Å². The van der Waals surface area contributed by atoms with E-state index in [2.05, 4.69) is 0 Å². The van der Waals surface area contributed by atoms with Crippen LogP contribution in [0.5, 0.6) is 0 Å². The SMILES string of the molecule is CCCN(C(=O)COC(=O)Cn1c2ccccc2c(=O)c2ccccc21)C1CCS(=O)(=O)C1. The van der Waals surface area contributed by atoms with Gasteiger partial charge in [0.2, 0.25) is 0 Å². The zero-order valence-corrected chi connectivity index (χ0v) is 19.2. The summed E-state index contributed by atoms with van der Waals surface area (Å²) in [5.74, 6) is -1.00. The number of para-hydroxylation sites is 2. The molecule has 1 fully saturated rings. The van der Waals surface area contributed by atoms with Crippen molar-refractivity contribution in [3.8, 4) is 0 Å². The molecule has 4 rings (SSSR count). The molecule has 2 heterocycles. The van der Waals surface area contributed by atoms with E-state index in [4.69, 9.17) is 4.74 Å². The van der Waals surface area contributed by atoms with E-state index in [0.717, 1.165) is 0 Å². The molecule has 0 saturated carbocycles. The van der Waals surface area contributed by atoms with E-state index in [1.165, 1.54) is 4.90 Å². The third-order valence-electron chi connectivity index (χ3n) is 5.96. The number of aromatic nitrogens is 1. The Labute approximate surface area is 191 Å². The number of ether oxygens (including phenoxy) is 1. The first-order chi connectivity index (χ1) is 15.8. The first-order valence-electron chi connectivity index (χ1n) is 11.0. The summed E-state index contributed by atoms with van der Waals surface area (Å²) >= 11 is 0. The van der Waals surface area contributed by atoms with Gasteiger partial charge in [0.25, 0.3) is 5.91 Å². The predicted molar refractivity (Wildman–Crippen MR) is 126 cm³/mol. The largest absolute Gasteiger partial charge is 0.454 e. The lowest BCUT2D eigenvalue weighted by molar-refractivity contribution is -0.153. The molecule has 0 N–H and O–H groups in total. The van der Waals surface area contributed by atoms with Gasteiger partial charge >= 0.3 is 5.97 Å². The van der Waals surface area contributed by atoms with Crippen LogP contribution in [0, 0.1) is 0 Å². The summed E-state index contributed by atoms with van der Waals surface area (Å²) in [6.07, 6.45) is 1.07. The van der Waals surface area contributed by atoms with Crippen molar-refractivity contribution in [1.82, 2.24) is 9.47 Å². The number of hydrogen-bond donors (Lipinski definition) is 0. The molecule has 1 aromatic heterocycles. The number of carbonyl (C=O) groups excluding carboxylic acids is 2. The van der Waals surface area contributed by atoms with Gasteiger partial charge in [-0.05, 0) is 37.1 Å². The third kappa shape index (κ3) is 4.78. The fourth-order valence-electron chi connectivity index (χ4n) is 4.42. The van der Waals surface area contributed by atoms with E-state index in [9.17, 15) is 22.8 Å². The third-order valence-corrected chi connectivity index (χ3v) is 7.71. The van der Waals surface area contributed by atoms with E-state index >= 15 is 0 Å². The number of benzene rings is 2. The molecule has 0 spiro atoms. The average Bonchev–Trinajstić information content (AvgIpc) is 3.17. The molecule has 0 radical (unpaired) electrons. The standard InChI is InChI=1S/C24H26N2O6S/c1-2-12-25(17-11-13-33(30,31)16-17)22(27)15-32-23(28)14-26-20-9-5-3-7-18(20)24(29)19-8-4-6-10-21(19)26/h3-10,17H,2,11-16H2,1H3. The summed E-state index contributed by atoms with van der Waals surface area (Å²) in [6, 6.07) is 13.7. The maximum atomic E-state index is 12.8. The smallest absolute Gasteiger partial charge is 0.326 e. The molecule has 1 saturated heterocycles. The molecule has 1 atom stereocenters. The number of esters is 1. The number of sulfone groups is 1. The fraction of sp³-hybridized carbons (Fsp3) is 0.375. The lowest BCUT2D eigenvalue weighted by Crippen LogP contribution is -2.43. The molecular formula is C24H26N2O6S. The number of amides is 1. The highest BCUT2D eigenvalue weighted by Crippen LogP contribution is 2.20. The van der Waals surface area contributed by atoms with Crippen molar-refractivity contribution >= 4 is 43.5 Å². The lowest BCUT2D eigenvalue weighted by Gasteiger charge is -2.27. The van der Waals surface area contributed by atoms with Crippen LogP contribution >= 0.6 is 0 Å². The molecule has 0 aliphatic carbocycles. The van der Waals surface area contributed by atoms with Crippen LogP contribution in [0.25, 0.3) is 21.8 Å². The summed E-state index contributed by atoms with van der Waals surface area (Å²) in [4.78, 5) is 39.8. The number of carbonyl (C=O) groups is 2. The van der Waals surface area contributed by atoms with E-state index in [1.807, 2.05) is 6.92 Å². The number of pyridine rings is 1. The van der Waals surface area contributed by atoms with Crippen LogP contribution in [-0.2, 0) is 30.7 Å². The second-order valence-electron chi connectivity index (χ2n) is 8.25. The number of fused-ring (bicyclic) bond motifs is 2. The normalized spacial score (nSPS) is 17.3. The molecule has 33 heavy (non-hydrogen) atoms. The number of hydrogen-bond acceptors (Lipinski definition) is 6. The monoisotopic (exact) mass is 470 g/mol. The van der Waals surface area contributed by atoms with Crippen LogP contribution in [-0.4, -0.2) is 60.5 Å². The van der Waals surface area contributed by atoms with Crippen molar-refractivity contribution in [1.29, 1.82) is 0 Å². The molecule has 3 aromatic rings. The highest BCUT2D eigenvalue weighted by atomic mass is 32.2. The van der Waals surface area contributed by atoms with Gasteiger partial charge < -0.3 is 14.2 Å². The summed E-state index contributed by atoms with van der Waals surface area (Å²) in [5.41, 5.74) is 1.10. The van der Waals surface area contributed by atoms with E-state index < -0.39 is 28.3 Å². The summed E-state index contributed by atoms with van der Waals surface area (Å²) in [5, 5.41) is 0.994. The highest BCUT2D eigenvalue weighted by Gasteiger charge is 2.34. The van der Waals surface area contributed by atoms with Crippen LogP contribution in [0.4, 0.5) is 0 Å². The molecule has 1 unspecified atom stereocenters. The Kier molecular flexibility index (Phi) is 6.51. The Balaban J connectivity index is 1.52. The van der Waals surface area contributed by atoms with Gasteiger partial charge in [-0.15, -0.1) is 0 Å². The molecule has 8 nitrogen and oxygen atoms in total. The second-order valence-corrected chi connectivity index (χ2v) is 10.5. The number of rotatable bonds is 7. The van der Waals surface area contributed by atoms with Crippen LogP contribution in [0.15, 0.2) is 53.3 Å². The Morgan fingerprint density at radius 1 is 1.06 bits per heavy atom. The predicted octanol–water partition coefficient (Wildman–Crippen LogP) is 2.12. The maximum absolute atomic E-state index is 12.8. The minimum atomic E-state index is -3.14. The molecule has 1 aliphatic heterocycles. The van der Waals surface area contributed by atoms with Gasteiger partial charge in [0.1, 0.15) is 6.54 Å². The molecule has 2 aromatic carbocycles. The highest BCUT2D eigenvalue weighted by molar-refractivity contribution is 7.91. The van der Waals surface area contributed by atoms with Crippen LogP contribution in [0.2, 0.25) is 0 Å². The van der Waals surface area contributed by atoms with E-state index in [1.54, 1.807) is 53.1 Å². The summed E-state index contributed by atoms with van der Waals surface area (Å²) in [6.45, 7) is 1.69. The van der Waals surface area contributed by atoms with Crippen LogP contribution in [0.3, 0.4) is 0 Å². The van der Waals surface area contributed by atoms with Gasteiger partial charge in [0, 0.05) is 23.4 Å². The van der Waals surface area contributed by atoms with Gasteiger partial charge in [-0.2, -0.15) is 0 Å². The van der Waals surface area contributed by atoms with Crippen molar-refractivity contribution in [3.05, 3.63) is 58.8 Å². The van der Waals surface area contributed by atoms with Gasteiger partial charge in [-0.25, -0.2) is 8.42 Å². The van der Waals surface area contributed by atoms with Crippen molar-refractivity contribution < 1.29 is 22.7 Å². The summed E-state index contributed by atoms with van der Waals surface area (Å²) < 4.78 is 30.7. The summed E-state index contributed by atoms with van der Waals surface area (Å²) in [7, 11) is -3.14. The topological polar surface area (TPSA) is 103 Å². The van der Waals surface area contributed by atoms with Crippen molar-refractivity contribution in [2.75, 3.05) is 24.7 Å². The maximum Gasteiger partial charge on any atom is 0.326 e. The molecule has 0 bridgehead atoms. The minimum absolute atomic E-state index is 0.0535. The van der Waals surface area contributed by atoms with Gasteiger partial charge in [0.15, 0.2) is 21.9 Å². The quantitative estimate of drug-likeness (QED) is 0.387. The van der Waals surface area contributed by atoms with Gasteiger partial charge in [0.05, 0.1) is 22.5 Å². The Bertz CT molecular complexity index is 1320. The number of nitrogens with zero attached hydrogens (tertiary/aromatic N) is 2. The molecule has 1 aliphatic rings. The lowest BCUT2D eigenvalue weighted by atomic mass is 10.1. The van der Waals surface area contributed by atoms with Crippen LogP contribution in [0.1, 0.15) is 19.8 Å². The zero-order chi connectivity index (χ0) is 23.6. The minimum Gasteiger partial charge on any atom is -0.454 e.